The van der Waals surface area contributed by atoms with Crippen LogP contribution in [0.4, 0.5) is 8.78 Å². The predicted molar refractivity (Wildman–Crippen MR) is 97.7 cm³/mol. The Balaban J connectivity index is 1.44. The standard InChI is InChI=1S/C19H20F2N2O3S/c1-18(2)16(10-5-7-23(18)8-6-10)22-17(24)13-9-11-3-4-12-14(15(11)27-13)26-19(20,21)25-12/h3-4,9-10,16H,5-8H2,1-2H3,(H,22,24)/t16-/m0/s1. The lowest BCUT2D eigenvalue weighted by Gasteiger charge is -2.56. The number of nitrogens with zero attached hydrogens (tertiary/aromatic N) is 1. The van der Waals surface area contributed by atoms with E-state index in [4.69, 9.17) is 0 Å². The predicted octanol–water partition coefficient (Wildman–Crippen LogP) is 3.83. The highest BCUT2D eigenvalue weighted by Crippen LogP contribution is 2.48. The molecule has 1 N–H and O–H groups in total. The number of rotatable bonds is 2. The van der Waals surface area contributed by atoms with Crippen LogP contribution in [-0.2, 0) is 0 Å². The van der Waals surface area contributed by atoms with Gasteiger partial charge in [-0.1, -0.05) is 0 Å². The number of halogens is 2. The molecular weight excluding hydrogens is 374 g/mol. The molecule has 0 saturated carbocycles. The van der Waals surface area contributed by atoms with Crippen LogP contribution < -0.4 is 14.8 Å². The maximum Gasteiger partial charge on any atom is 0.586 e. The Morgan fingerprint density at radius 2 is 2.00 bits per heavy atom. The molecule has 0 spiro atoms. The lowest BCUT2D eigenvalue weighted by Crippen LogP contribution is -2.69. The van der Waals surface area contributed by atoms with Crippen LogP contribution in [0.15, 0.2) is 18.2 Å². The van der Waals surface area contributed by atoms with Gasteiger partial charge < -0.3 is 14.8 Å². The van der Waals surface area contributed by atoms with Gasteiger partial charge in [-0.05, 0) is 69.3 Å². The van der Waals surface area contributed by atoms with Crippen LogP contribution in [0.5, 0.6) is 11.5 Å². The fourth-order valence-corrected chi connectivity index (χ4v) is 5.74. The van der Waals surface area contributed by atoms with Gasteiger partial charge in [0.2, 0.25) is 0 Å². The molecule has 1 aromatic heterocycles. The number of ether oxygens (including phenoxy) is 2. The van der Waals surface area contributed by atoms with Crippen molar-refractivity contribution in [1.29, 1.82) is 0 Å². The number of hydrogen-bond donors (Lipinski definition) is 1. The zero-order chi connectivity index (χ0) is 19.0. The summed E-state index contributed by atoms with van der Waals surface area (Å²) in [5.74, 6) is 0.315. The van der Waals surface area contributed by atoms with Crippen molar-refractivity contribution in [2.24, 2.45) is 5.92 Å². The number of piperidine rings is 3. The Bertz CT molecular complexity index is 934. The molecule has 0 unspecified atom stereocenters. The second-order valence-electron chi connectivity index (χ2n) is 8.02. The van der Waals surface area contributed by atoms with Gasteiger partial charge in [0.05, 0.1) is 9.58 Å². The molecule has 27 heavy (non-hydrogen) atoms. The maximum atomic E-state index is 13.4. The van der Waals surface area contributed by atoms with Crippen molar-refractivity contribution in [3.63, 3.8) is 0 Å². The lowest BCUT2D eigenvalue weighted by atomic mass is 9.72. The molecule has 4 aliphatic rings. The SMILES string of the molecule is CC1(C)[C@@H](NC(=O)c2cc3ccc4c(c3s2)OC(F)(F)O4)C2CCN1CC2. The Hall–Kier alpha value is -1.93. The molecule has 8 heteroatoms. The van der Waals surface area contributed by atoms with Gasteiger partial charge in [0.15, 0.2) is 11.5 Å². The number of carbonyl (C=O) groups is 1. The van der Waals surface area contributed by atoms with Gasteiger partial charge in [-0.15, -0.1) is 20.1 Å². The summed E-state index contributed by atoms with van der Waals surface area (Å²) in [5.41, 5.74) is -0.0895. The van der Waals surface area contributed by atoms with Crippen LogP contribution in [0.2, 0.25) is 0 Å². The summed E-state index contributed by atoms with van der Waals surface area (Å²) >= 11 is 1.16. The van der Waals surface area contributed by atoms with E-state index in [2.05, 4.69) is 33.5 Å². The van der Waals surface area contributed by atoms with Crippen LogP contribution in [0.3, 0.4) is 0 Å². The van der Waals surface area contributed by atoms with Gasteiger partial charge in [0.25, 0.3) is 5.91 Å². The summed E-state index contributed by atoms with van der Waals surface area (Å²) in [6.45, 7) is 6.50. The van der Waals surface area contributed by atoms with Crippen molar-refractivity contribution in [2.45, 2.75) is 44.6 Å². The zero-order valence-electron chi connectivity index (χ0n) is 15.1. The summed E-state index contributed by atoms with van der Waals surface area (Å²) in [6.07, 6.45) is -1.48. The number of carbonyl (C=O) groups excluding carboxylic acids is 1. The van der Waals surface area contributed by atoms with Gasteiger partial charge >= 0.3 is 6.29 Å². The average Bonchev–Trinajstić information content (AvgIpc) is 3.17. The van der Waals surface area contributed by atoms with Crippen molar-refractivity contribution in [1.82, 2.24) is 10.2 Å². The summed E-state index contributed by atoms with van der Waals surface area (Å²) in [6, 6.07) is 4.92. The van der Waals surface area contributed by atoms with Gasteiger partial charge in [0, 0.05) is 11.6 Å². The molecule has 0 aliphatic carbocycles. The topological polar surface area (TPSA) is 50.8 Å². The third kappa shape index (κ3) is 2.61. The Morgan fingerprint density at radius 1 is 1.26 bits per heavy atom. The quantitative estimate of drug-likeness (QED) is 0.841. The monoisotopic (exact) mass is 394 g/mol. The van der Waals surface area contributed by atoms with Crippen LogP contribution in [-0.4, -0.2) is 41.8 Å². The molecule has 3 saturated heterocycles. The number of alkyl halides is 2. The first-order valence-electron chi connectivity index (χ1n) is 9.13. The van der Waals surface area contributed by atoms with Crippen molar-refractivity contribution in [3.05, 3.63) is 23.1 Å². The van der Waals surface area contributed by atoms with E-state index in [0.29, 0.717) is 20.9 Å². The minimum absolute atomic E-state index is 0.000156. The minimum Gasteiger partial charge on any atom is -0.395 e. The first-order valence-corrected chi connectivity index (χ1v) is 9.94. The second kappa shape index (κ2) is 5.54. The van der Waals surface area contributed by atoms with Crippen molar-refractivity contribution in [3.8, 4) is 11.5 Å². The molecule has 2 bridgehead atoms. The van der Waals surface area contributed by atoms with E-state index in [1.165, 1.54) is 6.07 Å². The molecular formula is C19H20F2N2O3S. The van der Waals surface area contributed by atoms with Crippen molar-refractivity contribution >= 4 is 27.3 Å². The van der Waals surface area contributed by atoms with Gasteiger partial charge in [-0.3, -0.25) is 9.69 Å². The molecule has 4 aliphatic heterocycles. The zero-order valence-corrected chi connectivity index (χ0v) is 15.9. The van der Waals surface area contributed by atoms with Crippen LogP contribution in [0, 0.1) is 5.92 Å². The summed E-state index contributed by atoms with van der Waals surface area (Å²) < 4.78 is 36.4. The highest BCUT2D eigenvalue weighted by atomic mass is 32.1. The second-order valence-corrected chi connectivity index (χ2v) is 9.07. The minimum atomic E-state index is -3.66. The van der Waals surface area contributed by atoms with E-state index in [9.17, 15) is 13.6 Å². The number of thiophene rings is 1. The summed E-state index contributed by atoms with van der Waals surface area (Å²) in [5, 5.41) is 3.90. The average molecular weight is 394 g/mol. The molecule has 1 atom stereocenters. The first-order chi connectivity index (χ1) is 12.7. The normalized spacial score (nSPS) is 29.9. The van der Waals surface area contributed by atoms with Crippen LogP contribution in [0.25, 0.3) is 10.1 Å². The third-order valence-electron chi connectivity index (χ3n) is 6.15. The first kappa shape index (κ1) is 17.2. The smallest absolute Gasteiger partial charge is 0.395 e. The molecule has 1 amide bonds. The van der Waals surface area contributed by atoms with Gasteiger partial charge in [0.1, 0.15) is 0 Å². The number of benzene rings is 1. The van der Waals surface area contributed by atoms with Gasteiger partial charge in [-0.2, -0.15) is 0 Å². The molecule has 2 aromatic rings. The molecule has 1 aromatic carbocycles. The van der Waals surface area contributed by atoms with E-state index in [1.54, 1.807) is 12.1 Å². The highest BCUT2D eigenvalue weighted by molar-refractivity contribution is 7.21. The molecule has 0 radical (unpaired) electrons. The number of hydrogen-bond acceptors (Lipinski definition) is 5. The van der Waals surface area contributed by atoms with Gasteiger partial charge in [-0.25, -0.2) is 0 Å². The third-order valence-corrected chi connectivity index (χ3v) is 7.30. The van der Waals surface area contributed by atoms with Crippen molar-refractivity contribution < 1.29 is 23.0 Å². The molecule has 6 rings (SSSR count). The molecule has 144 valence electrons. The Kier molecular flexibility index (Phi) is 3.53. The number of fused-ring (bicyclic) bond motifs is 6. The fourth-order valence-electron chi connectivity index (χ4n) is 4.71. The molecule has 3 fully saturated rings. The fraction of sp³-hybridized carbons (Fsp3) is 0.526. The van der Waals surface area contributed by atoms with E-state index >= 15 is 0 Å². The number of amides is 1. The van der Waals surface area contributed by atoms with Crippen molar-refractivity contribution in [2.75, 3.05) is 13.1 Å². The summed E-state index contributed by atoms with van der Waals surface area (Å²) in [4.78, 5) is 15.9. The van der Waals surface area contributed by atoms with E-state index in [0.717, 1.165) is 37.3 Å². The maximum absolute atomic E-state index is 13.4. The van der Waals surface area contributed by atoms with E-state index in [1.807, 2.05) is 0 Å². The molecule has 5 nitrogen and oxygen atoms in total. The van der Waals surface area contributed by atoms with Crippen LogP contribution >= 0.6 is 11.3 Å². The summed E-state index contributed by atoms with van der Waals surface area (Å²) in [7, 11) is 0. The van der Waals surface area contributed by atoms with Crippen LogP contribution in [0.1, 0.15) is 36.4 Å². The largest absolute Gasteiger partial charge is 0.586 e. The Morgan fingerprint density at radius 3 is 2.70 bits per heavy atom. The Labute approximate surface area is 159 Å². The van der Waals surface area contributed by atoms with E-state index in [-0.39, 0.29) is 29.0 Å². The van der Waals surface area contributed by atoms with E-state index < -0.39 is 6.29 Å². The number of nitrogens with one attached hydrogen (secondary N) is 1. The lowest BCUT2D eigenvalue weighted by molar-refractivity contribution is -0.286. The molecule has 5 heterocycles. The highest BCUT2D eigenvalue weighted by Gasteiger charge is 2.48.